The molecule has 7 heteroatoms. The van der Waals surface area contributed by atoms with E-state index in [4.69, 9.17) is 5.11 Å². The molecule has 0 saturated carbocycles. The van der Waals surface area contributed by atoms with Crippen LogP contribution >= 0.6 is 0 Å². The van der Waals surface area contributed by atoms with Crippen LogP contribution in [0.5, 0.6) is 0 Å². The van der Waals surface area contributed by atoms with Crippen molar-refractivity contribution in [2.24, 2.45) is 0 Å². The van der Waals surface area contributed by atoms with E-state index in [-0.39, 0.29) is 87.2 Å². The molecular weight excluding hydrogens is 268 g/mol. The molecule has 1 nitrogen and oxygen atoms in total. The van der Waals surface area contributed by atoms with E-state index in [1.165, 1.54) is 0 Å². The van der Waals surface area contributed by atoms with E-state index in [0.717, 1.165) is 0 Å². The van der Waals surface area contributed by atoms with E-state index < -0.39 is 0 Å². The maximum Gasteiger partial charge on any atom is 5.00 e. The topological polar surface area (TPSA) is 20.2 Å². The molecule has 60 valence electrons. The summed E-state index contributed by atoms with van der Waals surface area (Å²) in [5, 5.41) is 7.57. The van der Waals surface area contributed by atoms with Gasteiger partial charge in [0, 0.05) is 6.61 Å². The van der Waals surface area contributed by atoms with Gasteiger partial charge in [-0.3, -0.25) is 0 Å². The molecule has 0 bridgehead atoms. The number of rotatable bonds is 0. The molecule has 0 spiro atoms. The van der Waals surface area contributed by atoms with Gasteiger partial charge >= 0.3 is 18.6 Å². The van der Waals surface area contributed by atoms with Crippen LogP contribution in [0.4, 0.5) is 0 Å². The molecule has 0 aromatic rings. The zero-order valence-electron chi connectivity index (χ0n) is 4.49. The fraction of sp³-hybridized carbons (Fsp3) is 1.00. The van der Waals surface area contributed by atoms with Gasteiger partial charge in [0.2, 0.25) is 0 Å². The fourth-order valence-corrected chi connectivity index (χ4v) is 0. The third kappa shape index (κ3) is 161. The molecule has 0 aliphatic carbocycles. The first-order chi connectivity index (χ1) is 1.41. The van der Waals surface area contributed by atoms with Crippen LogP contribution in [0.1, 0.15) is 6.92 Å². The minimum absolute atomic E-state index is 0. The van der Waals surface area contributed by atoms with E-state index in [1.54, 1.807) is 6.92 Å². The van der Waals surface area contributed by atoms with E-state index >= 15 is 0 Å². The summed E-state index contributed by atoms with van der Waals surface area (Å²) in [5.41, 5.74) is 0. The van der Waals surface area contributed by atoms with Crippen LogP contribution in [0.3, 0.4) is 0 Å². The average Bonchev–Trinajstić information content (AvgIpc) is 0.918. The smallest absolute Gasteiger partial charge is 1.00 e. The maximum atomic E-state index is 7.57. The molecular formula is C2H6Cl5OV. The molecule has 0 aromatic carbocycles. The van der Waals surface area contributed by atoms with Gasteiger partial charge in [0.15, 0.2) is 0 Å². The summed E-state index contributed by atoms with van der Waals surface area (Å²) in [6.07, 6.45) is 0. The Morgan fingerprint density at radius 3 is 0.889 bits per heavy atom. The standard InChI is InChI=1S/C2H6O.5ClH.V/c1-2-3;;;;;;/h3H,2H2,1H3;5*1H;/q;;;;;;+5/p-5. The van der Waals surface area contributed by atoms with Crippen molar-refractivity contribution in [3.05, 3.63) is 0 Å². The molecule has 0 atom stereocenters. The van der Waals surface area contributed by atoms with Crippen molar-refractivity contribution in [1.29, 1.82) is 0 Å². The molecule has 0 unspecified atom stereocenters. The second-order valence-corrected chi connectivity index (χ2v) is 0.316. The Labute approximate surface area is 98.7 Å². The molecule has 1 N–H and O–H groups in total. The van der Waals surface area contributed by atoms with Crippen molar-refractivity contribution in [2.45, 2.75) is 6.92 Å². The molecule has 0 saturated heterocycles. The molecule has 0 aromatic heterocycles. The number of hydrogen-bond donors (Lipinski definition) is 1. The predicted molar refractivity (Wildman–Crippen MR) is 12.8 cm³/mol. The van der Waals surface area contributed by atoms with Gasteiger partial charge in [0.1, 0.15) is 0 Å². The number of aliphatic hydroxyl groups excluding tert-OH is 1. The Hall–Kier alpha value is 1.99. The second-order valence-electron chi connectivity index (χ2n) is 0.316. The van der Waals surface area contributed by atoms with Crippen LogP contribution in [0.2, 0.25) is 0 Å². The van der Waals surface area contributed by atoms with Gasteiger partial charge in [-0.1, -0.05) is 0 Å². The summed E-state index contributed by atoms with van der Waals surface area (Å²) in [7, 11) is 0. The quantitative estimate of drug-likeness (QED) is 0.465. The van der Waals surface area contributed by atoms with Gasteiger partial charge < -0.3 is 67.1 Å². The summed E-state index contributed by atoms with van der Waals surface area (Å²) in [5.74, 6) is 0. The molecule has 0 amide bonds. The van der Waals surface area contributed by atoms with Crippen molar-refractivity contribution in [3.8, 4) is 0 Å². The summed E-state index contributed by atoms with van der Waals surface area (Å²) in [4.78, 5) is 0. The van der Waals surface area contributed by atoms with Gasteiger partial charge in [-0.15, -0.1) is 0 Å². The normalized spacial score (nSPS) is 2.00. The first-order valence-electron chi connectivity index (χ1n) is 1.02. The van der Waals surface area contributed by atoms with E-state index in [0.29, 0.717) is 0 Å². The van der Waals surface area contributed by atoms with Crippen molar-refractivity contribution < 1.29 is 85.7 Å². The molecule has 0 aliphatic rings. The number of aliphatic hydroxyl groups is 1. The van der Waals surface area contributed by atoms with E-state index in [1.807, 2.05) is 0 Å². The molecule has 0 rings (SSSR count). The van der Waals surface area contributed by atoms with Crippen molar-refractivity contribution >= 4 is 0 Å². The first-order valence-corrected chi connectivity index (χ1v) is 1.02. The minimum atomic E-state index is 0. The fourth-order valence-electron chi connectivity index (χ4n) is 0. The molecule has 0 aliphatic heterocycles. The Morgan fingerprint density at radius 2 is 0.889 bits per heavy atom. The van der Waals surface area contributed by atoms with Crippen LogP contribution in [0, 0.1) is 0 Å². The Morgan fingerprint density at radius 1 is 0.889 bits per heavy atom. The van der Waals surface area contributed by atoms with Crippen LogP contribution in [0.15, 0.2) is 0 Å². The SMILES string of the molecule is CCO.[Cl-].[Cl-].[Cl-].[Cl-].[Cl-].[V+5]. The van der Waals surface area contributed by atoms with Crippen molar-refractivity contribution in [1.82, 2.24) is 0 Å². The first kappa shape index (κ1) is 68.8. The summed E-state index contributed by atoms with van der Waals surface area (Å²) in [6, 6.07) is 0. The number of halogens is 5. The maximum absolute atomic E-state index is 7.57. The Balaban J connectivity index is -0.00000000133. The zero-order valence-corrected chi connectivity index (χ0v) is 9.67. The zero-order chi connectivity index (χ0) is 2.71. The van der Waals surface area contributed by atoms with Crippen LogP contribution in [-0.2, 0) is 18.6 Å². The average molecular weight is 274 g/mol. The largest absolute Gasteiger partial charge is 5.00 e. The number of hydrogen-bond acceptors (Lipinski definition) is 1. The van der Waals surface area contributed by atoms with Crippen LogP contribution < -0.4 is 62.0 Å². The van der Waals surface area contributed by atoms with Gasteiger partial charge in [0.05, 0.1) is 0 Å². The molecule has 0 radical (unpaired) electrons. The third-order valence-corrected chi connectivity index (χ3v) is 0. The molecule has 9 heavy (non-hydrogen) atoms. The summed E-state index contributed by atoms with van der Waals surface area (Å²) < 4.78 is 0. The van der Waals surface area contributed by atoms with Crippen LogP contribution in [0.25, 0.3) is 0 Å². The van der Waals surface area contributed by atoms with Gasteiger partial charge in [-0.2, -0.15) is 0 Å². The van der Waals surface area contributed by atoms with Gasteiger partial charge in [0.25, 0.3) is 0 Å². The Bertz CT molecular complexity index is 14.9. The Kier molecular flexibility index (Phi) is 690. The van der Waals surface area contributed by atoms with Gasteiger partial charge in [-0.25, -0.2) is 0 Å². The summed E-state index contributed by atoms with van der Waals surface area (Å²) in [6.45, 7) is 1.93. The van der Waals surface area contributed by atoms with Crippen molar-refractivity contribution in [2.75, 3.05) is 6.61 Å². The van der Waals surface area contributed by atoms with E-state index in [2.05, 4.69) is 0 Å². The predicted octanol–water partition coefficient (Wildman–Crippen LogP) is -15.0. The van der Waals surface area contributed by atoms with Gasteiger partial charge in [-0.05, 0) is 6.92 Å². The monoisotopic (exact) mass is 272 g/mol. The minimum Gasteiger partial charge on any atom is -1.00 e. The van der Waals surface area contributed by atoms with E-state index in [9.17, 15) is 0 Å². The third-order valence-electron chi connectivity index (χ3n) is 0. The molecule has 0 heterocycles. The van der Waals surface area contributed by atoms with Crippen LogP contribution in [-0.4, -0.2) is 11.7 Å². The van der Waals surface area contributed by atoms with Crippen molar-refractivity contribution in [3.63, 3.8) is 0 Å². The second kappa shape index (κ2) is 90.2. The summed E-state index contributed by atoms with van der Waals surface area (Å²) >= 11 is 0. The molecule has 0 fully saturated rings.